The summed E-state index contributed by atoms with van der Waals surface area (Å²) in [6, 6.07) is 13.2. The molecule has 124 valence electrons. The van der Waals surface area contributed by atoms with E-state index in [0.29, 0.717) is 23.7 Å². The molecule has 6 heteroatoms. The molecule has 0 bridgehead atoms. The van der Waals surface area contributed by atoms with Crippen molar-refractivity contribution in [1.29, 1.82) is 0 Å². The van der Waals surface area contributed by atoms with Crippen LogP contribution in [0, 0.1) is 0 Å². The van der Waals surface area contributed by atoms with E-state index >= 15 is 0 Å². The van der Waals surface area contributed by atoms with Gasteiger partial charge in [0.2, 0.25) is 0 Å². The molecule has 0 radical (unpaired) electrons. The zero-order chi connectivity index (χ0) is 16.9. The van der Waals surface area contributed by atoms with Crippen molar-refractivity contribution in [3.63, 3.8) is 0 Å². The van der Waals surface area contributed by atoms with E-state index in [0.717, 1.165) is 15.5 Å². The first-order chi connectivity index (χ1) is 11.7. The molecule has 24 heavy (non-hydrogen) atoms. The molecule has 3 rings (SSSR count). The molecule has 0 aliphatic heterocycles. The summed E-state index contributed by atoms with van der Waals surface area (Å²) in [6.07, 6.45) is 3.59. The van der Waals surface area contributed by atoms with Gasteiger partial charge in [-0.15, -0.1) is 23.1 Å². The largest absolute Gasteiger partial charge is 0.467 e. The molecule has 0 atom stereocenters. The second-order valence-electron chi connectivity index (χ2n) is 5.17. The van der Waals surface area contributed by atoms with Crippen LogP contribution in [0.1, 0.15) is 21.0 Å². The highest BCUT2D eigenvalue weighted by molar-refractivity contribution is 7.98. The van der Waals surface area contributed by atoms with Crippen LogP contribution in [0.2, 0.25) is 5.02 Å². The number of carbonyl (C=O) groups is 1. The summed E-state index contributed by atoms with van der Waals surface area (Å²) < 4.78 is 5.42. The first-order valence-electron chi connectivity index (χ1n) is 7.35. The maximum atomic E-state index is 13.1. The molecule has 2 aromatic heterocycles. The Hall–Kier alpha value is -1.69. The van der Waals surface area contributed by atoms with E-state index in [4.69, 9.17) is 16.0 Å². The zero-order valence-electron chi connectivity index (χ0n) is 13.1. The maximum absolute atomic E-state index is 13.1. The van der Waals surface area contributed by atoms with E-state index in [1.807, 2.05) is 48.0 Å². The second kappa shape index (κ2) is 7.92. The smallest absolute Gasteiger partial charge is 0.256 e. The highest BCUT2D eigenvalue weighted by Crippen LogP contribution is 2.26. The van der Waals surface area contributed by atoms with Crippen LogP contribution in [0.25, 0.3) is 0 Å². The van der Waals surface area contributed by atoms with Gasteiger partial charge in [-0.25, -0.2) is 0 Å². The van der Waals surface area contributed by atoms with E-state index in [9.17, 15) is 4.79 Å². The van der Waals surface area contributed by atoms with Crippen LogP contribution in [0.5, 0.6) is 0 Å². The average Bonchev–Trinajstić information content (AvgIpc) is 3.28. The molecule has 3 aromatic rings. The lowest BCUT2D eigenvalue weighted by molar-refractivity contribution is 0.0719. The number of hydrogen-bond donors (Lipinski definition) is 0. The molecule has 0 fully saturated rings. The van der Waals surface area contributed by atoms with Crippen LogP contribution in [0.3, 0.4) is 0 Å². The van der Waals surface area contributed by atoms with Crippen molar-refractivity contribution in [2.24, 2.45) is 0 Å². The summed E-state index contributed by atoms with van der Waals surface area (Å²) in [6.45, 7) is 0.931. The summed E-state index contributed by atoms with van der Waals surface area (Å²) >= 11 is 9.49. The van der Waals surface area contributed by atoms with Crippen LogP contribution in [0.15, 0.2) is 63.4 Å². The Labute approximate surface area is 154 Å². The van der Waals surface area contributed by atoms with E-state index in [-0.39, 0.29) is 5.91 Å². The predicted molar refractivity (Wildman–Crippen MR) is 99.8 cm³/mol. The minimum atomic E-state index is -0.0966. The van der Waals surface area contributed by atoms with E-state index < -0.39 is 0 Å². The number of thioether (sulfide) groups is 1. The molecular formula is C18H16ClNO2S2. The van der Waals surface area contributed by atoms with Gasteiger partial charge >= 0.3 is 0 Å². The summed E-state index contributed by atoms with van der Waals surface area (Å²) in [5.74, 6) is 0.651. The number of thiophene rings is 1. The molecular weight excluding hydrogens is 362 g/mol. The van der Waals surface area contributed by atoms with E-state index in [2.05, 4.69) is 0 Å². The predicted octanol–water partition coefficient (Wildman–Crippen LogP) is 5.56. The van der Waals surface area contributed by atoms with Crippen molar-refractivity contribution in [3.05, 3.63) is 75.3 Å². The van der Waals surface area contributed by atoms with Gasteiger partial charge in [0, 0.05) is 9.77 Å². The van der Waals surface area contributed by atoms with Gasteiger partial charge in [0.25, 0.3) is 5.91 Å². The first-order valence-corrected chi connectivity index (χ1v) is 9.83. The topological polar surface area (TPSA) is 33.5 Å². The molecule has 0 aliphatic rings. The van der Waals surface area contributed by atoms with Gasteiger partial charge < -0.3 is 9.32 Å². The van der Waals surface area contributed by atoms with Crippen LogP contribution in [-0.4, -0.2) is 17.1 Å². The second-order valence-corrected chi connectivity index (χ2v) is 7.48. The van der Waals surface area contributed by atoms with Crippen molar-refractivity contribution in [1.82, 2.24) is 4.90 Å². The Morgan fingerprint density at radius 2 is 2.12 bits per heavy atom. The minimum Gasteiger partial charge on any atom is -0.467 e. The summed E-state index contributed by atoms with van der Waals surface area (Å²) in [4.78, 5) is 17.0. The lowest BCUT2D eigenvalue weighted by atomic mass is 10.2. The number of halogens is 1. The Morgan fingerprint density at radius 3 is 2.79 bits per heavy atom. The standard InChI is InChI=1S/C18H16ClNO2S2/c1-23-14-6-7-17(19)16(10-14)18(21)20(11-13-4-2-8-22-13)12-15-5-3-9-24-15/h2-10H,11-12H2,1H3. The zero-order valence-corrected chi connectivity index (χ0v) is 15.5. The Bertz CT molecular complexity index is 764. The van der Waals surface area contributed by atoms with Gasteiger partial charge in [-0.2, -0.15) is 0 Å². The van der Waals surface area contributed by atoms with Crippen LogP contribution in [-0.2, 0) is 13.1 Å². The molecule has 0 aliphatic carbocycles. The molecule has 2 heterocycles. The fraction of sp³-hybridized carbons (Fsp3) is 0.167. The molecule has 1 aromatic carbocycles. The van der Waals surface area contributed by atoms with E-state index in [1.54, 1.807) is 40.3 Å². The molecule has 0 N–H and O–H groups in total. The molecule has 3 nitrogen and oxygen atoms in total. The van der Waals surface area contributed by atoms with Crippen LogP contribution >= 0.6 is 34.7 Å². The Kier molecular flexibility index (Phi) is 5.66. The molecule has 0 spiro atoms. The molecule has 1 amide bonds. The lowest BCUT2D eigenvalue weighted by Crippen LogP contribution is -2.30. The Morgan fingerprint density at radius 1 is 1.25 bits per heavy atom. The van der Waals surface area contributed by atoms with Gasteiger partial charge in [0.15, 0.2) is 0 Å². The van der Waals surface area contributed by atoms with Crippen molar-refractivity contribution in [2.45, 2.75) is 18.0 Å². The summed E-state index contributed by atoms with van der Waals surface area (Å²) in [5.41, 5.74) is 0.520. The highest BCUT2D eigenvalue weighted by atomic mass is 35.5. The maximum Gasteiger partial charge on any atom is 0.256 e. The fourth-order valence-electron chi connectivity index (χ4n) is 2.35. The van der Waals surface area contributed by atoms with Crippen molar-refractivity contribution in [3.8, 4) is 0 Å². The number of amides is 1. The molecule has 0 saturated carbocycles. The monoisotopic (exact) mass is 377 g/mol. The normalized spacial score (nSPS) is 10.8. The molecule has 0 saturated heterocycles. The number of hydrogen-bond acceptors (Lipinski definition) is 4. The third kappa shape index (κ3) is 4.04. The average molecular weight is 378 g/mol. The highest BCUT2D eigenvalue weighted by Gasteiger charge is 2.21. The number of rotatable bonds is 6. The van der Waals surface area contributed by atoms with Crippen molar-refractivity contribution in [2.75, 3.05) is 6.26 Å². The number of furan rings is 1. The lowest BCUT2D eigenvalue weighted by Gasteiger charge is -2.22. The van der Waals surface area contributed by atoms with Gasteiger partial charge in [0.05, 0.1) is 29.9 Å². The van der Waals surface area contributed by atoms with Crippen LogP contribution < -0.4 is 0 Å². The van der Waals surface area contributed by atoms with Crippen molar-refractivity contribution >= 4 is 40.6 Å². The van der Waals surface area contributed by atoms with Gasteiger partial charge in [-0.1, -0.05) is 17.7 Å². The summed E-state index contributed by atoms with van der Waals surface area (Å²) in [7, 11) is 0. The first kappa shape index (κ1) is 17.1. The minimum absolute atomic E-state index is 0.0966. The van der Waals surface area contributed by atoms with Gasteiger partial charge in [-0.3, -0.25) is 4.79 Å². The van der Waals surface area contributed by atoms with Gasteiger partial charge in [0.1, 0.15) is 5.76 Å². The molecule has 0 unspecified atom stereocenters. The SMILES string of the molecule is CSc1ccc(Cl)c(C(=O)N(Cc2ccco2)Cc2cccs2)c1. The summed E-state index contributed by atoms with van der Waals surface area (Å²) in [5, 5.41) is 2.47. The third-order valence-electron chi connectivity index (χ3n) is 3.54. The Balaban J connectivity index is 1.90. The third-order valence-corrected chi connectivity index (χ3v) is 5.46. The van der Waals surface area contributed by atoms with Crippen LogP contribution in [0.4, 0.5) is 0 Å². The fourth-order valence-corrected chi connectivity index (χ4v) is 3.70. The van der Waals surface area contributed by atoms with Gasteiger partial charge in [-0.05, 0) is 48.0 Å². The number of carbonyl (C=O) groups excluding carboxylic acids is 1. The van der Waals surface area contributed by atoms with E-state index in [1.165, 1.54) is 0 Å². The number of nitrogens with zero attached hydrogens (tertiary/aromatic N) is 1. The number of benzene rings is 1. The van der Waals surface area contributed by atoms with Crippen molar-refractivity contribution < 1.29 is 9.21 Å². The quantitative estimate of drug-likeness (QED) is 0.527.